The van der Waals surface area contributed by atoms with E-state index in [-0.39, 0.29) is 43.8 Å². The number of rotatable bonds is 11. The van der Waals surface area contributed by atoms with Gasteiger partial charge in [-0.1, -0.05) is 0 Å². The van der Waals surface area contributed by atoms with E-state index in [0.717, 1.165) is 4.57 Å². The van der Waals surface area contributed by atoms with Crippen molar-refractivity contribution < 1.29 is 23.9 Å². The van der Waals surface area contributed by atoms with Gasteiger partial charge < -0.3 is 25.1 Å². The molecule has 0 fully saturated rings. The topological polar surface area (TPSA) is 166 Å². The molecule has 3 aromatic rings. The fourth-order valence-corrected chi connectivity index (χ4v) is 3.61. The summed E-state index contributed by atoms with van der Waals surface area (Å²) in [7, 11) is 2.94. The lowest BCUT2D eigenvalue weighted by molar-refractivity contribution is -0.146. The van der Waals surface area contributed by atoms with Gasteiger partial charge in [0.25, 0.3) is 11.5 Å². The molecule has 0 bridgehead atoms. The Bertz CT molecular complexity index is 1400. The Morgan fingerprint density at radius 3 is 2.35 bits per heavy atom. The first-order valence-electron chi connectivity index (χ1n) is 11.8. The maximum Gasteiger partial charge on any atom is 0.332 e. The van der Waals surface area contributed by atoms with Gasteiger partial charge in [0.15, 0.2) is 5.65 Å². The second kappa shape index (κ2) is 12.0. The maximum atomic E-state index is 12.7. The van der Waals surface area contributed by atoms with E-state index in [2.05, 4.69) is 20.6 Å². The first kappa shape index (κ1) is 27.2. The van der Waals surface area contributed by atoms with E-state index in [1.165, 1.54) is 18.7 Å². The molecule has 0 aliphatic heterocycles. The maximum absolute atomic E-state index is 12.7. The fraction of sp³-hybridized carbons (Fsp3) is 0.417. The molecule has 0 aliphatic rings. The summed E-state index contributed by atoms with van der Waals surface area (Å²) < 4.78 is 12.2. The number of carbonyl (C=O) groups excluding carboxylic acids is 3. The number of imidazole rings is 1. The smallest absolute Gasteiger partial charge is 0.332 e. The highest BCUT2D eigenvalue weighted by Crippen LogP contribution is 2.13. The van der Waals surface area contributed by atoms with Crippen molar-refractivity contribution in [3.05, 3.63) is 56.5 Å². The molecule has 2 aromatic heterocycles. The summed E-state index contributed by atoms with van der Waals surface area (Å²) >= 11 is 0. The number of aromatic amines is 1. The number of benzene rings is 1. The average Bonchev–Trinajstić information content (AvgIpc) is 3.32. The van der Waals surface area contributed by atoms with Gasteiger partial charge in [-0.15, -0.1) is 0 Å². The molecular formula is C24H30N6O7. The van der Waals surface area contributed by atoms with Gasteiger partial charge in [-0.2, -0.15) is 0 Å². The Morgan fingerprint density at radius 1 is 1.03 bits per heavy atom. The Kier molecular flexibility index (Phi) is 8.82. The molecule has 13 nitrogen and oxygen atoms in total. The molecule has 0 saturated carbocycles. The molecule has 198 valence electrons. The van der Waals surface area contributed by atoms with Crippen LogP contribution in [0.1, 0.15) is 42.9 Å². The van der Waals surface area contributed by atoms with E-state index in [9.17, 15) is 24.0 Å². The van der Waals surface area contributed by atoms with E-state index in [0.29, 0.717) is 17.1 Å². The molecule has 3 N–H and O–H groups in total. The van der Waals surface area contributed by atoms with Crippen molar-refractivity contribution in [2.75, 3.05) is 18.5 Å². The van der Waals surface area contributed by atoms with Crippen molar-refractivity contribution in [3.63, 3.8) is 0 Å². The Morgan fingerprint density at radius 2 is 1.70 bits per heavy atom. The number of ether oxygens (including phenoxy) is 2. The summed E-state index contributed by atoms with van der Waals surface area (Å²) in [6, 6.07) is 5.49. The van der Waals surface area contributed by atoms with Crippen molar-refractivity contribution in [3.8, 4) is 0 Å². The SMILES string of the molecule is CCOC(=O)CCC(NC(=O)c1ccc(NCc2nc3c([nH]2)c(=O)n(C)c(=O)n3C)cc1)C(=O)OCC. The second-order valence-corrected chi connectivity index (χ2v) is 8.14. The molecule has 0 radical (unpaired) electrons. The van der Waals surface area contributed by atoms with Gasteiger partial charge in [-0.25, -0.2) is 14.6 Å². The van der Waals surface area contributed by atoms with E-state index < -0.39 is 35.1 Å². The Labute approximate surface area is 211 Å². The normalized spacial score (nSPS) is 11.7. The molecule has 1 aromatic carbocycles. The molecule has 1 unspecified atom stereocenters. The molecule has 3 rings (SSSR count). The minimum absolute atomic E-state index is 0.0392. The molecule has 0 aliphatic carbocycles. The summed E-state index contributed by atoms with van der Waals surface area (Å²) in [4.78, 5) is 68.3. The minimum Gasteiger partial charge on any atom is -0.466 e. The lowest BCUT2D eigenvalue weighted by atomic mass is 10.1. The lowest BCUT2D eigenvalue weighted by Crippen LogP contribution is -2.42. The van der Waals surface area contributed by atoms with Crippen LogP contribution in [-0.4, -0.2) is 56.2 Å². The van der Waals surface area contributed by atoms with Crippen LogP contribution in [0.25, 0.3) is 11.2 Å². The zero-order valence-electron chi connectivity index (χ0n) is 21.1. The van der Waals surface area contributed by atoms with Crippen LogP contribution in [0, 0.1) is 0 Å². The number of nitrogens with one attached hydrogen (secondary N) is 3. The molecule has 37 heavy (non-hydrogen) atoms. The standard InChI is InChI=1S/C24H30N6O7/c1-5-36-18(31)12-11-16(23(34)37-6-2)26-21(32)14-7-9-15(10-8-14)25-13-17-27-19-20(28-17)29(3)24(35)30(4)22(19)33/h7-10,16,25H,5-6,11-13H2,1-4H3,(H,26,32)(H,27,28). The summed E-state index contributed by atoms with van der Waals surface area (Å²) in [6.07, 6.45) is 0.0117. The average molecular weight is 515 g/mol. The number of aromatic nitrogens is 4. The molecule has 0 saturated heterocycles. The van der Waals surface area contributed by atoms with Crippen LogP contribution < -0.4 is 21.9 Å². The molecule has 1 atom stereocenters. The number of hydrogen-bond donors (Lipinski definition) is 3. The van der Waals surface area contributed by atoms with Gasteiger partial charge in [-0.3, -0.25) is 23.5 Å². The number of carbonyl (C=O) groups is 3. The number of anilines is 1. The first-order chi connectivity index (χ1) is 17.7. The summed E-state index contributed by atoms with van der Waals surface area (Å²) in [5, 5.41) is 5.74. The fourth-order valence-electron chi connectivity index (χ4n) is 3.61. The van der Waals surface area contributed by atoms with Crippen molar-refractivity contribution in [2.45, 2.75) is 39.3 Å². The van der Waals surface area contributed by atoms with Crippen molar-refractivity contribution in [1.29, 1.82) is 0 Å². The molecule has 0 spiro atoms. The zero-order valence-corrected chi connectivity index (χ0v) is 21.1. The third kappa shape index (κ3) is 6.42. The highest BCUT2D eigenvalue weighted by Gasteiger charge is 2.24. The van der Waals surface area contributed by atoms with Gasteiger partial charge in [0.05, 0.1) is 19.8 Å². The van der Waals surface area contributed by atoms with Crippen LogP contribution in [0.2, 0.25) is 0 Å². The van der Waals surface area contributed by atoms with Gasteiger partial charge in [0.2, 0.25) is 0 Å². The summed E-state index contributed by atoms with van der Waals surface area (Å²) in [5.41, 5.74) is 0.531. The number of hydrogen-bond acceptors (Lipinski definition) is 9. The molecule has 13 heteroatoms. The summed E-state index contributed by atoms with van der Waals surface area (Å²) in [5.74, 6) is -1.14. The number of amides is 1. The summed E-state index contributed by atoms with van der Waals surface area (Å²) in [6.45, 7) is 3.94. The second-order valence-electron chi connectivity index (χ2n) is 8.14. The van der Waals surface area contributed by atoms with Gasteiger partial charge >= 0.3 is 17.6 Å². The van der Waals surface area contributed by atoms with Gasteiger partial charge in [0, 0.05) is 31.8 Å². The van der Waals surface area contributed by atoms with E-state index in [1.54, 1.807) is 38.1 Å². The minimum atomic E-state index is -0.994. The Balaban J connectivity index is 1.65. The van der Waals surface area contributed by atoms with Crippen LogP contribution in [0.3, 0.4) is 0 Å². The largest absolute Gasteiger partial charge is 0.466 e. The number of esters is 2. The van der Waals surface area contributed by atoms with Crippen LogP contribution in [-0.2, 0) is 39.7 Å². The third-order valence-electron chi connectivity index (χ3n) is 5.57. The quantitative estimate of drug-likeness (QED) is 0.310. The van der Waals surface area contributed by atoms with Gasteiger partial charge in [-0.05, 0) is 44.5 Å². The highest BCUT2D eigenvalue weighted by molar-refractivity contribution is 5.97. The van der Waals surface area contributed by atoms with E-state index >= 15 is 0 Å². The predicted octanol–water partition coefficient (Wildman–Crippen LogP) is 0.577. The van der Waals surface area contributed by atoms with Crippen molar-refractivity contribution in [1.82, 2.24) is 24.4 Å². The van der Waals surface area contributed by atoms with Crippen molar-refractivity contribution >= 4 is 34.7 Å². The molecule has 2 heterocycles. The number of fused-ring (bicyclic) bond motifs is 1. The number of H-pyrrole nitrogens is 1. The predicted molar refractivity (Wildman–Crippen MR) is 134 cm³/mol. The van der Waals surface area contributed by atoms with Crippen LogP contribution >= 0.6 is 0 Å². The number of nitrogens with zero attached hydrogens (tertiary/aromatic N) is 3. The van der Waals surface area contributed by atoms with Crippen molar-refractivity contribution in [2.24, 2.45) is 14.1 Å². The monoisotopic (exact) mass is 514 g/mol. The van der Waals surface area contributed by atoms with E-state index in [1.807, 2.05) is 0 Å². The highest BCUT2D eigenvalue weighted by atomic mass is 16.5. The van der Waals surface area contributed by atoms with Gasteiger partial charge in [0.1, 0.15) is 17.4 Å². The lowest BCUT2D eigenvalue weighted by Gasteiger charge is -2.17. The first-order valence-corrected chi connectivity index (χ1v) is 11.8. The zero-order chi connectivity index (χ0) is 27.1. The Hall–Kier alpha value is -4.42. The molecular weight excluding hydrogens is 484 g/mol. The molecule has 1 amide bonds. The third-order valence-corrected chi connectivity index (χ3v) is 5.57. The van der Waals surface area contributed by atoms with Crippen LogP contribution in [0.4, 0.5) is 5.69 Å². The van der Waals surface area contributed by atoms with Crippen LogP contribution in [0.15, 0.2) is 33.9 Å². The van der Waals surface area contributed by atoms with E-state index in [4.69, 9.17) is 9.47 Å². The number of aryl methyl sites for hydroxylation is 1. The van der Waals surface area contributed by atoms with Crippen LogP contribution in [0.5, 0.6) is 0 Å².